The fraction of sp³-hybridized carbons (Fsp3) is 0.409. The Hall–Kier alpha value is -2.16. The molecule has 1 atom stereocenters. The zero-order valence-corrected chi connectivity index (χ0v) is 19.8. The molecule has 0 aromatic heterocycles. The summed E-state index contributed by atoms with van der Waals surface area (Å²) in [6.45, 7) is 3.48. The molecule has 0 aliphatic carbocycles. The first-order valence-corrected chi connectivity index (χ1v) is 9.56. The molecule has 2 aromatic rings. The lowest BCUT2D eigenvalue weighted by Gasteiger charge is -2.15. The standard InChI is InChI=1S/C22H29N3O3.HI/c1-15-11-17-12-20(27-4)18(13-21(17)28-15)14-25-22(23-2)24-10-9-16-5-7-19(26-3)8-6-16;/h5-8,12-13,15H,9-11,14H2,1-4H3,(H2,23,24,25);1H. The van der Waals surface area contributed by atoms with Crippen LogP contribution in [0.5, 0.6) is 17.2 Å². The first kappa shape index (κ1) is 23.1. The van der Waals surface area contributed by atoms with Crippen molar-refractivity contribution in [2.75, 3.05) is 27.8 Å². The van der Waals surface area contributed by atoms with Gasteiger partial charge in [0.15, 0.2) is 5.96 Å². The maximum absolute atomic E-state index is 5.87. The molecule has 0 radical (unpaired) electrons. The number of fused-ring (bicyclic) bond motifs is 1. The minimum Gasteiger partial charge on any atom is -0.497 e. The Morgan fingerprint density at radius 1 is 1.14 bits per heavy atom. The summed E-state index contributed by atoms with van der Waals surface area (Å²) in [6, 6.07) is 12.3. The molecule has 158 valence electrons. The largest absolute Gasteiger partial charge is 0.497 e. The number of nitrogens with one attached hydrogen (secondary N) is 2. The van der Waals surface area contributed by atoms with Crippen molar-refractivity contribution >= 4 is 29.9 Å². The predicted molar refractivity (Wildman–Crippen MR) is 127 cm³/mol. The van der Waals surface area contributed by atoms with E-state index in [2.05, 4.69) is 46.8 Å². The van der Waals surface area contributed by atoms with Gasteiger partial charge in [0.2, 0.25) is 0 Å². The van der Waals surface area contributed by atoms with E-state index in [4.69, 9.17) is 14.2 Å². The molecule has 29 heavy (non-hydrogen) atoms. The number of halogens is 1. The molecule has 0 saturated carbocycles. The van der Waals surface area contributed by atoms with E-state index in [1.165, 1.54) is 11.1 Å². The summed E-state index contributed by atoms with van der Waals surface area (Å²) in [5.74, 6) is 3.45. The van der Waals surface area contributed by atoms with E-state index in [-0.39, 0.29) is 30.1 Å². The van der Waals surface area contributed by atoms with Gasteiger partial charge in [0.1, 0.15) is 23.4 Å². The van der Waals surface area contributed by atoms with Crippen LogP contribution < -0.4 is 24.8 Å². The van der Waals surface area contributed by atoms with Crippen LogP contribution in [-0.4, -0.2) is 39.9 Å². The second-order valence-corrected chi connectivity index (χ2v) is 6.85. The van der Waals surface area contributed by atoms with Crippen molar-refractivity contribution in [3.63, 3.8) is 0 Å². The number of guanidine groups is 1. The number of nitrogens with zero attached hydrogens (tertiary/aromatic N) is 1. The third kappa shape index (κ3) is 6.16. The molecule has 7 heteroatoms. The average molecular weight is 511 g/mol. The molecule has 2 N–H and O–H groups in total. The Bertz CT molecular complexity index is 825. The van der Waals surface area contributed by atoms with Crippen molar-refractivity contribution in [3.05, 3.63) is 53.1 Å². The third-order valence-corrected chi connectivity index (χ3v) is 4.83. The van der Waals surface area contributed by atoms with Gasteiger partial charge in [0.05, 0.1) is 14.2 Å². The summed E-state index contributed by atoms with van der Waals surface area (Å²) >= 11 is 0. The SMILES string of the molecule is CN=C(NCCc1ccc(OC)cc1)NCc1cc2c(cc1OC)CC(C)O2.I. The summed E-state index contributed by atoms with van der Waals surface area (Å²) in [4.78, 5) is 4.30. The zero-order valence-electron chi connectivity index (χ0n) is 17.5. The van der Waals surface area contributed by atoms with Gasteiger partial charge in [-0.1, -0.05) is 12.1 Å². The fourth-order valence-corrected chi connectivity index (χ4v) is 3.33. The van der Waals surface area contributed by atoms with E-state index in [0.717, 1.165) is 48.2 Å². The van der Waals surface area contributed by atoms with Gasteiger partial charge >= 0.3 is 0 Å². The Balaban J connectivity index is 0.00000300. The molecule has 0 bridgehead atoms. The molecule has 1 aliphatic heterocycles. The number of aliphatic imine (C=N–C) groups is 1. The first-order valence-electron chi connectivity index (χ1n) is 9.56. The topological polar surface area (TPSA) is 64.1 Å². The Labute approximate surface area is 190 Å². The van der Waals surface area contributed by atoms with Gasteiger partial charge < -0.3 is 24.8 Å². The van der Waals surface area contributed by atoms with Crippen LogP contribution in [0.2, 0.25) is 0 Å². The summed E-state index contributed by atoms with van der Waals surface area (Å²) in [6.07, 6.45) is 2.04. The van der Waals surface area contributed by atoms with Gasteiger partial charge in [-0.2, -0.15) is 0 Å². The average Bonchev–Trinajstić information content (AvgIpc) is 3.09. The van der Waals surface area contributed by atoms with E-state index in [1.54, 1.807) is 21.3 Å². The highest BCUT2D eigenvalue weighted by atomic mass is 127. The van der Waals surface area contributed by atoms with E-state index in [9.17, 15) is 0 Å². The minimum atomic E-state index is 0. The van der Waals surface area contributed by atoms with Gasteiger partial charge in [0, 0.05) is 37.7 Å². The Morgan fingerprint density at radius 3 is 2.55 bits per heavy atom. The van der Waals surface area contributed by atoms with Gasteiger partial charge in [-0.05, 0) is 43.2 Å². The van der Waals surface area contributed by atoms with Crippen molar-refractivity contribution in [3.8, 4) is 17.2 Å². The molecule has 1 heterocycles. The maximum atomic E-state index is 5.87. The van der Waals surface area contributed by atoms with Gasteiger partial charge in [-0.3, -0.25) is 4.99 Å². The number of hydrogen-bond acceptors (Lipinski definition) is 4. The van der Waals surface area contributed by atoms with E-state index >= 15 is 0 Å². The van der Waals surface area contributed by atoms with Crippen molar-refractivity contribution in [2.45, 2.75) is 32.4 Å². The highest BCUT2D eigenvalue weighted by Gasteiger charge is 2.21. The first-order chi connectivity index (χ1) is 13.6. The number of rotatable bonds is 7. The van der Waals surface area contributed by atoms with Crippen LogP contribution in [0, 0.1) is 0 Å². The Morgan fingerprint density at radius 2 is 1.90 bits per heavy atom. The molecule has 0 amide bonds. The van der Waals surface area contributed by atoms with Crippen LogP contribution in [0.25, 0.3) is 0 Å². The molecule has 3 rings (SSSR count). The lowest BCUT2D eigenvalue weighted by atomic mass is 10.1. The number of hydrogen-bond donors (Lipinski definition) is 2. The summed E-state index contributed by atoms with van der Waals surface area (Å²) in [5.41, 5.74) is 3.50. The molecule has 0 saturated heterocycles. The zero-order chi connectivity index (χ0) is 19.9. The predicted octanol–water partition coefficient (Wildman–Crippen LogP) is 3.55. The van der Waals surface area contributed by atoms with E-state index in [1.807, 2.05) is 12.1 Å². The van der Waals surface area contributed by atoms with Crippen molar-refractivity contribution in [1.82, 2.24) is 10.6 Å². The molecule has 0 fully saturated rings. The molecule has 2 aromatic carbocycles. The van der Waals surface area contributed by atoms with Crippen LogP contribution in [0.15, 0.2) is 41.4 Å². The van der Waals surface area contributed by atoms with Crippen LogP contribution in [0.3, 0.4) is 0 Å². The molecular weight excluding hydrogens is 481 g/mol. The smallest absolute Gasteiger partial charge is 0.191 e. The van der Waals surface area contributed by atoms with E-state index in [0.29, 0.717) is 6.54 Å². The van der Waals surface area contributed by atoms with Crippen molar-refractivity contribution in [2.24, 2.45) is 4.99 Å². The normalized spacial score (nSPS) is 15.0. The van der Waals surface area contributed by atoms with E-state index < -0.39 is 0 Å². The van der Waals surface area contributed by atoms with Gasteiger partial charge in [0.25, 0.3) is 0 Å². The molecule has 0 spiro atoms. The molecular formula is C22H30IN3O3. The monoisotopic (exact) mass is 511 g/mol. The quantitative estimate of drug-likeness (QED) is 0.338. The Kier molecular flexibility index (Phi) is 8.88. The highest BCUT2D eigenvalue weighted by Crippen LogP contribution is 2.34. The lowest BCUT2D eigenvalue weighted by Crippen LogP contribution is -2.37. The summed E-state index contributed by atoms with van der Waals surface area (Å²) in [7, 11) is 5.15. The van der Waals surface area contributed by atoms with Gasteiger partial charge in [-0.25, -0.2) is 0 Å². The minimum absolute atomic E-state index is 0. The highest BCUT2D eigenvalue weighted by molar-refractivity contribution is 14.0. The number of methoxy groups -OCH3 is 2. The number of ether oxygens (including phenoxy) is 3. The summed E-state index contributed by atoms with van der Waals surface area (Å²) in [5, 5.41) is 6.70. The van der Waals surface area contributed by atoms with Crippen molar-refractivity contribution in [1.29, 1.82) is 0 Å². The van der Waals surface area contributed by atoms with Crippen molar-refractivity contribution < 1.29 is 14.2 Å². The van der Waals surface area contributed by atoms with Crippen LogP contribution in [0.4, 0.5) is 0 Å². The lowest BCUT2D eigenvalue weighted by molar-refractivity contribution is 0.254. The summed E-state index contributed by atoms with van der Waals surface area (Å²) < 4.78 is 16.6. The van der Waals surface area contributed by atoms with Crippen LogP contribution in [0.1, 0.15) is 23.6 Å². The van der Waals surface area contributed by atoms with Crippen LogP contribution in [-0.2, 0) is 19.4 Å². The maximum Gasteiger partial charge on any atom is 0.191 e. The second-order valence-electron chi connectivity index (χ2n) is 6.85. The fourth-order valence-electron chi connectivity index (χ4n) is 3.33. The van der Waals surface area contributed by atoms with Crippen LogP contribution >= 0.6 is 24.0 Å². The molecule has 6 nitrogen and oxygen atoms in total. The second kappa shape index (κ2) is 11.1. The molecule has 1 aliphatic rings. The third-order valence-electron chi connectivity index (χ3n) is 4.83. The van der Waals surface area contributed by atoms with Gasteiger partial charge in [-0.15, -0.1) is 24.0 Å². The molecule has 1 unspecified atom stereocenters. The number of benzene rings is 2.